The Morgan fingerprint density at radius 3 is 2.55 bits per heavy atom. The van der Waals surface area contributed by atoms with E-state index in [1.165, 1.54) is 16.7 Å². The molecule has 2 aliphatic heterocycles. The van der Waals surface area contributed by atoms with Gasteiger partial charge in [-0.25, -0.2) is 8.42 Å². The summed E-state index contributed by atoms with van der Waals surface area (Å²) in [7, 11) is -2.29. The van der Waals surface area contributed by atoms with Crippen LogP contribution in [0.1, 0.15) is 0 Å². The van der Waals surface area contributed by atoms with E-state index >= 15 is 0 Å². The molecule has 8 nitrogen and oxygen atoms in total. The van der Waals surface area contributed by atoms with Crippen LogP contribution in [-0.2, 0) is 19.6 Å². The molecule has 1 N–H and O–H groups in total. The fourth-order valence-electron chi connectivity index (χ4n) is 4.15. The van der Waals surface area contributed by atoms with Crippen LogP contribution < -0.4 is 14.4 Å². The minimum atomic E-state index is -3.85. The van der Waals surface area contributed by atoms with Crippen molar-refractivity contribution in [3.63, 3.8) is 0 Å². The van der Waals surface area contributed by atoms with Gasteiger partial charge in [-0.2, -0.15) is 0 Å². The molecule has 0 saturated carbocycles. The van der Waals surface area contributed by atoms with Gasteiger partial charge >= 0.3 is 0 Å². The van der Waals surface area contributed by atoms with Crippen LogP contribution in [0.3, 0.4) is 0 Å². The smallest absolute Gasteiger partial charge is 0.265 e. The Morgan fingerprint density at radius 1 is 1.09 bits per heavy atom. The van der Waals surface area contributed by atoms with Crippen LogP contribution >= 0.6 is 11.8 Å². The number of amides is 2. The Labute approximate surface area is 195 Å². The molecule has 1 fully saturated rings. The molecule has 1 atom stereocenters. The van der Waals surface area contributed by atoms with Gasteiger partial charge in [-0.05, 0) is 41.8 Å². The molecule has 3 aromatic rings. The first-order valence-corrected chi connectivity index (χ1v) is 12.9. The van der Waals surface area contributed by atoms with Gasteiger partial charge in [0.1, 0.15) is 18.3 Å². The van der Waals surface area contributed by atoms with E-state index < -0.39 is 22.0 Å². The molecule has 0 bridgehead atoms. The second kappa shape index (κ2) is 8.27. The number of thioether (sulfide) groups is 1. The number of nitrogens with one attached hydrogen (secondary N) is 1. The number of nitrogens with zero attached hydrogens (tertiary/aromatic N) is 2. The van der Waals surface area contributed by atoms with Crippen LogP contribution in [0.4, 0.5) is 11.4 Å². The third-order valence-corrected chi connectivity index (χ3v) is 8.64. The molecule has 1 saturated heterocycles. The van der Waals surface area contributed by atoms with Crippen molar-refractivity contribution in [1.29, 1.82) is 0 Å². The fraction of sp³-hybridized carbons (Fsp3) is 0.217. The van der Waals surface area contributed by atoms with E-state index in [0.29, 0.717) is 34.1 Å². The molecule has 170 valence electrons. The van der Waals surface area contributed by atoms with Crippen LogP contribution in [-0.4, -0.2) is 56.5 Å². The standard InChI is InChI=1S/C23H21N3O5S2/c1-31-17-10-8-16(9-11-17)24-23(28)19-13-32-14-25(19)21(27)12-26-18-6-2-4-15-5-3-7-20(22(15)18)33(26,29)30/h2-11,19H,12-14H2,1H3,(H,24,28). The van der Waals surface area contributed by atoms with Gasteiger partial charge < -0.3 is 15.0 Å². The highest BCUT2D eigenvalue weighted by atomic mass is 32.2. The number of carbonyl (C=O) groups excluding carboxylic acids is 2. The normalized spacial score (nSPS) is 18.5. The van der Waals surface area contributed by atoms with Gasteiger partial charge in [0.15, 0.2) is 0 Å². The summed E-state index contributed by atoms with van der Waals surface area (Å²) in [5.74, 6) is 0.710. The van der Waals surface area contributed by atoms with Gasteiger partial charge in [0.25, 0.3) is 10.0 Å². The van der Waals surface area contributed by atoms with E-state index in [1.807, 2.05) is 12.1 Å². The molecular weight excluding hydrogens is 462 g/mol. The Hall–Kier alpha value is -3.24. The third-order valence-electron chi connectivity index (χ3n) is 5.82. The summed E-state index contributed by atoms with van der Waals surface area (Å²) < 4.78 is 32.6. The van der Waals surface area contributed by atoms with Gasteiger partial charge in [0.05, 0.1) is 23.6 Å². The molecule has 1 unspecified atom stereocenters. The highest BCUT2D eigenvalue weighted by Crippen LogP contribution is 2.42. The maximum absolute atomic E-state index is 13.2. The fourth-order valence-corrected chi connectivity index (χ4v) is 6.99. The molecule has 2 heterocycles. The maximum atomic E-state index is 13.2. The zero-order chi connectivity index (χ0) is 23.2. The summed E-state index contributed by atoms with van der Waals surface area (Å²) in [6, 6.07) is 16.7. The van der Waals surface area contributed by atoms with Gasteiger partial charge in [-0.15, -0.1) is 11.8 Å². The van der Waals surface area contributed by atoms with Crippen molar-refractivity contribution in [3.8, 4) is 5.75 Å². The van der Waals surface area contributed by atoms with Crippen molar-refractivity contribution in [3.05, 3.63) is 60.7 Å². The molecule has 33 heavy (non-hydrogen) atoms. The van der Waals surface area contributed by atoms with Crippen molar-refractivity contribution in [2.24, 2.45) is 0 Å². The lowest BCUT2D eigenvalue weighted by Crippen LogP contribution is -2.48. The summed E-state index contributed by atoms with van der Waals surface area (Å²) in [4.78, 5) is 27.8. The average molecular weight is 484 g/mol. The topological polar surface area (TPSA) is 96.0 Å². The first-order valence-electron chi connectivity index (χ1n) is 10.3. The zero-order valence-corrected chi connectivity index (χ0v) is 19.4. The molecule has 0 spiro atoms. The van der Waals surface area contributed by atoms with Crippen molar-refractivity contribution in [2.75, 3.05) is 34.9 Å². The van der Waals surface area contributed by atoms with Gasteiger partial charge in [-0.3, -0.25) is 13.9 Å². The molecule has 10 heteroatoms. The van der Waals surface area contributed by atoms with Crippen molar-refractivity contribution >= 4 is 55.7 Å². The number of benzene rings is 3. The number of ether oxygens (including phenoxy) is 1. The molecule has 0 radical (unpaired) electrons. The Bertz CT molecular complexity index is 1350. The summed E-state index contributed by atoms with van der Waals surface area (Å²) in [5, 5.41) is 4.25. The van der Waals surface area contributed by atoms with Crippen molar-refractivity contribution in [2.45, 2.75) is 10.9 Å². The van der Waals surface area contributed by atoms with Gasteiger partial charge in [0, 0.05) is 16.8 Å². The molecule has 2 aliphatic rings. The van der Waals surface area contributed by atoms with E-state index in [0.717, 1.165) is 9.69 Å². The zero-order valence-electron chi connectivity index (χ0n) is 17.7. The molecule has 0 aliphatic carbocycles. The van der Waals surface area contributed by atoms with E-state index in [2.05, 4.69) is 5.32 Å². The van der Waals surface area contributed by atoms with Crippen molar-refractivity contribution < 1.29 is 22.7 Å². The number of hydrogen-bond donors (Lipinski definition) is 1. The number of carbonyl (C=O) groups is 2. The molecule has 3 aromatic carbocycles. The number of anilines is 2. The van der Waals surface area contributed by atoms with Gasteiger partial charge in [0.2, 0.25) is 11.8 Å². The lowest BCUT2D eigenvalue weighted by Gasteiger charge is -2.26. The van der Waals surface area contributed by atoms with Crippen molar-refractivity contribution in [1.82, 2.24) is 4.90 Å². The number of methoxy groups -OCH3 is 1. The van der Waals surface area contributed by atoms with E-state index in [-0.39, 0.29) is 17.3 Å². The first kappa shape index (κ1) is 21.6. The average Bonchev–Trinajstić information content (AvgIpc) is 3.39. The highest BCUT2D eigenvalue weighted by Gasteiger charge is 2.40. The van der Waals surface area contributed by atoms with Gasteiger partial charge in [-0.1, -0.05) is 24.3 Å². The molecular formula is C23H21N3O5S2. The maximum Gasteiger partial charge on any atom is 0.265 e. The second-order valence-electron chi connectivity index (χ2n) is 7.74. The number of rotatable bonds is 5. The van der Waals surface area contributed by atoms with Crippen LogP contribution in [0.2, 0.25) is 0 Å². The summed E-state index contributed by atoms with van der Waals surface area (Å²) in [6.07, 6.45) is 0. The minimum Gasteiger partial charge on any atom is -0.497 e. The molecule has 2 amide bonds. The Morgan fingerprint density at radius 2 is 1.82 bits per heavy atom. The monoisotopic (exact) mass is 483 g/mol. The molecule has 5 rings (SSSR count). The lowest BCUT2D eigenvalue weighted by molar-refractivity contribution is -0.134. The van der Waals surface area contributed by atoms with E-state index in [1.54, 1.807) is 55.6 Å². The third kappa shape index (κ3) is 3.68. The Balaban J connectivity index is 1.35. The van der Waals surface area contributed by atoms with Crippen LogP contribution in [0.25, 0.3) is 10.8 Å². The first-order chi connectivity index (χ1) is 15.9. The molecule has 0 aromatic heterocycles. The number of sulfonamides is 1. The quantitative estimate of drug-likeness (QED) is 0.600. The second-order valence-corrected chi connectivity index (χ2v) is 10.6. The summed E-state index contributed by atoms with van der Waals surface area (Å²) in [5.41, 5.74) is 1.08. The predicted molar refractivity (Wildman–Crippen MR) is 128 cm³/mol. The van der Waals surface area contributed by atoms with E-state index in [9.17, 15) is 18.0 Å². The van der Waals surface area contributed by atoms with Crippen LogP contribution in [0.5, 0.6) is 5.75 Å². The summed E-state index contributed by atoms with van der Waals surface area (Å²) in [6.45, 7) is -0.358. The van der Waals surface area contributed by atoms with Crippen LogP contribution in [0.15, 0.2) is 65.6 Å². The predicted octanol–water partition coefficient (Wildman–Crippen LogP) is 2.90. The van der Waals surface area contributed by atoms with Crippen LogP contribution in [0, 0.1) is 0 Å². The Kier molecular flexibility index (Phi) is 5.41. The minimum absolute atomic E-state index is 0.202. The highest BCUT2D eigenvalue weighted by molar-refractivity contribution is 7.99. The SMILES string of the molecule is COc1ccc(NC(=O)C2CSCN2C(=O)CN2c3cccc4cccc(c34)S2(=O)=O)cc1. The largest absolute Gasteiger partial charge is 0.497 e. The summed E-state index contributed by atoms with van der Waals surface area (Å²) >= 11 is 1.46. The lowest BCUT2D eigenvalue weighted by atomic mass is 10.1. The van der Waals surface area contributed by atoms with E-state index in [4.69, 9.17) is 4.74 Å². The number of hydrogen-bond acceptors (Lipinski definition) is 6.